The summed E-state index contributed by atoms with van der Waals surface area (Å²) < 4.78 is 5.51. The van der Waals surface area contributed by atoms with Gasteiger partial charge >= 0.3 is 5.97 Å². The van der Waals surface area contributed by atoms with Gasteiger partial charge in [0.1, 0.15) is 0 Å². The molecule has 0 fully saturated rings. The number of esters is 1. The molecule has 6 nitrogen and oxygen atoms in total. The highest BCUT2D eigenvalue weighted by atomic mass is 16.5. The quantitative estimate of drug-likeness (QED) is 0.0320. The van der Waals surface area contributed by atoms with Crippen molar-refractivity contribution in [3.63, 3.8) is 0 Å². The van der Waals surface area contributed by atoms with Crippen LogP contribution >= 0.6 is 0 Å². The summed E-state index contributed by atoms with van der Waals surface area (Å²) in [5, 5.41) is 23.2. The van der Waals surface area contributed by atoms with Crippen LogP contribution in [-0.2, 0) is 14.3 Å². The average Bonchev–Trinajstić information content (AvgIpc) is 3.58. The number of unbranched alkanes of at least 4 members (excludes halogenated alkanes) is 58. The van der Waals surface area contributed by atoms with E-state index in [9.17, 15) is 19.8 Å². The molecule has 2 atom stereocenters. The Hall–Kier alpha value is -2.18. The van der Waals surface area contributed by atoms with Gasteiger partial charge in [-0.3, -0.25) is 9.59 Å². The molecule has 0 aromatic carbocycles. The van der Waals surface area contributed by atoms with Crippen LogP contribution in [-0.4, -0.2) is 47.4 Å². The van der Waals surface area contributed by atoms with Crippen LogP contribution in [0.25, 0.3) is 0 Å². The molecule has 2 unspecified atom stereocenters. The molecule has 0 heterocycles. The van der Waals surface area contributed by atoms with E-state index in [0.29, 0.717) is 19.4 Å². The number of aliphatic hydroxyl groups excluding tert-OH is 2. The maximum absolute atomic E-state index is 12.5. The van der Waals surface area contributed by atoms with Crippen LogP contribution in [0, 0.1) is 0 Å². The zero-order valence-electron chi connectivity index (χ0n) is 59.5. The van der Waals surface area contributed by atoms with E-state index in [1.54, 1.807) is 6.08 Å². The lowest BCUT2D eigenvalue weighted by atomic mass is 10.0. The van der Waals surface area contributed by atoms with E-state index in [1.165, 1.54) is 360 Å². The molecule has 518 valence electrons. The summed E-state index contributed by atoms with van der Waals surface area (Å²) in [5.74, 6) is -0.0469. The molecule has 0 bridgehead atoms. The molecule has 0 radical (unpaired) electrons. The fraction of sp³-hybridized carbons (Fsp3) is 0.878. The molecule has 0 saturated carbocycles. The van der Waals surface area contributed by atoms with Crippen molar-refractivity contribution in [2.75, 3.05) is 13.2 Å². The Bertz CT molecular complexity index is 1470. The third kappa shape index (κ3) is 72.9. The number of hydrogen-bond donors (Lipinski definition) is 3. The van der Waals surface area contributed by atoms with Gasteiger partial charge in [0, 0.05) is 12.8 Å². The number of carbonyl (C=O) groups excluding carboxylic acids is 2. The lowest BCUT2D eigenvalue weighted by molar-refractivity contribution is -0.143. The summed E-state index contributed by atoms with van der Waals surface area (Å²) >= 11 is 0. The van der Waals surface area contributed by atoms with Crippen LogP contribution in [0.3, 0.4) is 0 Å². The summed E-state index contributed by atoms with van der Waals surface area (Å²) in [7, 11) is 0. The molecule has 0 aliphatic heterocycles. The van der Waals surface area contributed by atoms with Gasteiger partial charge in [-0.1, -0.05) is 383 Å². The fourth-order valence-corrected chi connectivity index (χ4v) is 12.5. The van der Waals surface area contributed by atoms with Crippen molar-refractivity contribution in [3.8, 4) is 0 Å². The summed E-state index contributed by atoms with van der Waals surface area (Å²) in [5.41, 5.74) is 0. The maximum atomic E-state index is 12.5. The zero-order valence-corrected chi connectivity index (χ0v) is 59.5. The summed E-state index contributed by atoms with van der Waals surface area (Å²) in [6.07, 6.45) is 102. The Kier molecular flexibility index (Phi) is 75.4. The number of rotatable bonds is 75. The minimum atomic E-state index is -0.842. The van der Waals surface area contributed by atoms with Gasteiger partial charge in [-0.2, -0.15) is 0 Å². The van der Waals surface area contributed by atoms with Crippen LogP contribution in [0.2, 0.25) is 0 Å². The molecule has 0 aliphatic rings. The van der Waals surface area contributed by atoms with Crippen LogP contribution in [0.4, 0.5) is 0 Å². The monoisotopic (exact) mass is 1230 g/mol. The Labute approximate surface area is 550 Å². The number of carbonyl (C=O) groups is 2. The molecule has 0 aromatic rings. The normalized spacial score (nSPS) is 12.7. The largest absolute Gasteiger partial charge is 0.466 e. The van der Waals surface area contributed by atoms with Crippen molar-refractivity contribution in [3.05, 3.63) is 48.6 Å². The maximum Gasteiger partial charge on any atom is 0.305 e. The number of ether oxygens (including phenoxy) is 1. The standard InChI is InChI=1S/C82H155NO5/c1-3-5-7-9-11-13-15-17-19-42-46-50-54-58-62-66-70-74-80(85)79(78-84)83-81(86)75-71-67-63-59-55-51-47-44-40-38-36-34-32-30-28-26-24-22-21-23-25-27-29-31-33-35-37-39-41-45-49-53-57-61-65-69-73-77-88-82(87)76-72-68-64-60-56-52-48-43-20-18-16-14-12-10-8-6-4-2/h12,14,18,20-21,23,70,74,79-80,84-85H,3-11,13,15-17,19,22,24-69,71-73,75-78H2,1-2H3,(H,83,86)/b14-12-,20-18-,23-21-,74-70+. The molecule has 0 spiro atoms. The second-order valence-corrected chi connectivity index (χ2v) is 27.4. The number of nitrogens with one attached hydrogen (secondary N) is 1. The minimum Gasteiger partial charge on any atom is -0.466 e. The summed E-state index contributed by atoms with van der Waals surface area (Å²) in [6.45, 7) is 4.92. The SMILES string of the molecule is CCCCC/C=C\C/C=C\CCCCCCCCCC(=O)OCCCCCCCCCCCCCCCCCC/C=C\CCCCCCCCCCCCCCCCCCCC(=O)NC(CO)C(O)/C=C/CCCCCCCCCCCCCCCCC. The molecule has 0 aromatic heterocycles. The van der Waals surface area contributed by atoms with Crippen LogP contribution in [0.15, 0.2) is 48.6 Å². The van der Waals surface area contributed by atoms with Crippen LogP contribution in [0.1, 0.15) is 438 Å². The van der Waals surface area contributed by atoms with Gasteiger partial charge in [0.2, 0.25) is 5.91 Å². The molecular weight excluding hydrogens is 1080 g/mol. The Balaban J connectivity index is 3.34. The predicted octanol–water partition coefficient (Wildman–Crippen LogP) is 26.4. The Morgan fingerprint density at radius 2 is 0.568 bits per heavy atom. The highest BCUT2D eigenvalue weighted by Gasteiger charge is 2.18. The predicted molar refractivity (Wildman–Crippen MR) is 389 cm³/mol. The van der Waals surface area contributed by atoms with Gasteiger partial charge in [-0.15, -0.1) is 0 Å². The summed E-state index contributed by atoms with van der Waals surface area (Å²) in [4.78, 5) is 24.6. The number of allylic oxidation sites excluding steroid dienone is 7. The molecule has 3 N–H and O–H groups in total. The van der Waals surface area contributed by atoms with E-state index < -0.39 is 12.1 Å². The third-order valence-corrected chi connectivity index (χ3v) is 18.6. The second-order valence-electron chi connectivity index (χ2n) is 27.4. The zero-order chi connectivity index (χ0) is 63.5. The summed E-state index contributed by atoms with van der Waals surface area (Å²) in [6, 6.07) is -0.625. The topological polar surface area (TPSA) is 95.9 Å². The van der Waals surface area contributed by atoms with Crippen molar-refractivity contribution in [1.29, 1.82) is 0 Å². The van der Waals surface area contributed by atoms with Gasteiger partial charge in [0.05, 0.1) is 25.4 Å². The van der Waals surface area contributed by atoms with E-state index >= 15 is 0 Å². The molecule has 88 heavy (non-hydrogen) atoms. The highest BCUT2D eigenvalue weighted by Crippen LogP contribution is 2.19. The van der Waals surface area contributed by atoms with Crippen molar-refractivity contribution < 1.29 is 24.5 Å². The van der Waals surface area contributed by atoms with Gasteiger partial charge < -0.3 is 20.3 Å². The van der Waals surface area contributed by atoms with E-state index in [-0.39, 0.29) is 18.5 Å². The average molecular weight is 1240 g/mol. The number of amides is 1. The highest BCUT2D eigenvalue weighted by molar-refractivity contribution is 5.76. The minimum absolute atomic E-state index is 0.0139. The first kappa shape index (κ1) is 85.8. The first-order chi connectivity index (χ1) is 43.5. The number of hydrogen-bond acceptors (Lipinski definition) is 5. The molecule has 0 aliphatic carbocycles. The first-order valence-electron chi connectivity index (χ1n) is 39.9. The van der Waals surface area contributed by atoms with E-state index in [0.717, 1.165) is 51.4 Å². The smallest absolute Gasteiger partial charge is 0.305 e. The molecular formula is C82H155NO5. The van der Waals surface area contributed by atoms with Crippen molar-refractivity contribution in [2.45, 2.75) is 450 Å². The van der Waals surface area contributed by atoms with Gasteiger partial charge in [-0.25, -0.2) is 0 Å². The molecule has 0 rings (SSSR count). The lowest BCUT2D eigenvalue weighted by Gasteiger charge is -2.20. The van der Waals surface area contributed by atoms with Gasteiger partial charge in [0.25, 0.3) is 0 Å². The number of aliphatic hydroxyl groups is 2. The van der Waals surface area contributed by atoms with E-state index in [2.05, 4.69) is 55.6 Å². The van der Waals surface area contributed by atoms with Crippen molar-refractivity contribution >= 4 is 11.9 Å². The lowest BCUT2D eigenvalue weighted by Crippen LogP contribution is -2.45. The Morgan fingerprint density at radius 3 is 0.898 bits per heavy atom. The van der Waals surface area contributed by atoms with E-state index in [4.69, 9.17) is 4.74 Å². The van der Waals surface area contributed by atoms with Gasteiger partial charge in [0.15, 0.2) is 0 Å². The molecule has 6 heteroatoms. The van der Waals surface area contributed by atoms with Crippen LogP contribution in [0.5, 0.6) is 0 Å². The molecule has 1 amide bonds. The van der Waals surface area contributed by atoms with Crippen molar-refractivity contribution in [2.24, 2.45) is 0 Å². The fourth-order valence-electron chi connectivity index (χ4n) is 12.5. The molecule has 0 saturated heterocycles. The second kappa shape index (κ2) is 77.3. The van der Waals surface area contributed by atoms with E-state index in [1.807, 2.05) is 6.08 Å². The van der Waals surface area contributed by atoms with Crippen molar-refractivity contribution in [1.82, 2.24) is 5.32 Å². The Morgan fingerprint density at radius 1 is 0.318 bits per heavy atom. The third-order valence-electron chi connectivity index (χ3n) is 18.6. The van der Waals surface area contributed by atoms with Crippen LogP contribution < -0.4 is 5.32 Å². The first-order valence-corrected chi connectivity index (χ1v) is 39.9. The van der Waals surface area contributed by atoms with Gasteiger partial charge in [-0.05, 0) is 89.9 Å².